The smallest absolute Gasteiger partial charge is 0.156 e. The molecule has 8 nitrogen and oxygen atoms in total. The highest BCUT2D eigenvalue weighted by molar-refractivity contribution is 5.86. The molecule has 0 saturated heterocycles. The fraction of sp³-hybridized carbons (Fsp3) is 0.480. The van der Waals surface area contributed by atoms with Gasteiger partial charge in [-0.2, -0.15) is 0 Å². The number of fused-ring (bicyclic) bond motifs is 2. The van der Waals surface area contributed by atoms with Crippen LogP contribution in [0.4, 0.5) is 5.82 Å². The first kappa shape index (κ1) is 23.2. The topological polar surface area (TPSA) is 114 Å². The molecule has 4 heterocycles. The highest BCUT2D eigenvalue weighted by atomic mass is 16.5. The standard InChI is InChI=1S/C22H26N6.C3H8O2/c1-14-15(2)27-9-7-17(12-20(27)26-14)4-3-16-5-6-18(11-16)28-10-8-19-21(23)24-13-25-22(19)28;1-3(2,4)5/h7-10,12-13,16,18H,3-6,11H2,1-2H3,(H2,23,24,25);4-5H,1-2H3. The quantitative estimate of drug-likeness (QED) is 0.406. The molecule has 1 fully saturated rings. The third-order valence-corrected chi connectivity index (χ3v) is 6.45. The number of imidazole rings is 1. The Bertz CT molecular complexity index is 1250. The Morgan fingerprint density at radius 2 is 1.88 bits per heavy atom. The highest BCUT2D eigenvalue weighted by Gasteiger charge is 2.27. The summed E-state index contributed by atoms with van der Waals surface area (Å²) in [6, 6.07) is 7.04. The second-order valence-corrected chi connectivity index (χ2v) is 9.63. The molecule has 4 N–H and O–H groups in total. The van der Waals surface area contributed by atoms with Crippen LogP contribution in [-0.4, -0.2) is 39.9 Å². The monoisotopic (exact) mass is 450 g/mol. The molecular formula is C25H34N6O2. The summed E-state index contributed by atoms with van der Waals surface area (Å²) in [4.78, 5) is 13.2. The van der Waals surface area contributed by atoms with E-state index < -0.39 is 5.79 Å². The molecule has 0 bridgehead atoms. The minimum absolute atomic E-state index is 0.511. The van der Waals surface area contributed by atoms with Crippen molar-refractivity contribution in [3.05, 3.63) is 53.9 Å². The maximum absolute atomic E-state index is 8.08. The molecule has 2 unspecified atom stereocenters. The van der Waals surface area contributed by atoms with Gasteiger partial charge in [-0.05, 0) is 89.5 Å². The lowest BCUT2D eigenvalue weighted by molar-refractivity contribution is -0.127. The van der Waals surface area contributed by atoms with Crippen LogP contribution in [0.25, 0.3) is 16.7 Å². The van der Waals surface area contributed by atoms with Gasteiger partial charge in [0.15, 0.2) is 5.79 Å². The molecule has 0 aliphatic heterocycles. The summed E-state index contributed by atoms with van der Waals surface area (Å²) in [5.41, 5.74) is 11.7. The average Bonchev–Trinajstić information content (AvgIpc) is 3.44. The molecule has 8 heteroatoms. The average molecular weight is 451 g/mol. The van der Waals surface area contributed by atoms with Crippen molar-refractivity contribution in [2.24, 2.45) is 5.92 Å². The molecule has 5 rings (SSSR count). The van der Waals surface area contributed by atoms with Gasteiger partial charge in [-0.3, -0.25) is 0 Å². The van der Waals surface area contributed by atoms with Crippen molar-refractivity contribution in [3.63, 3.8) is 0 Å². The van der Waals surface area contributed by atoms with E-state index in [-0.39, 0.29) is 0 Å². The number of aliphatic hydroxyl groups is 2. The first-order valence-electron chi connectivity index (χ1n) is 11.6. The summed E-state index contributed by atoms with van der Waals surface area (Å²) in [7, 11) is 0. The Morgan fingerprint density at radius 3 is 2.64 bits per heavy atom. The van der Waals surface area contributed by atoms with E-state index in [0.29, 0.717) is 11.9 Å². The van der Waals surface area contributed by atoms with Gasteiger partial charge in [0.2, 0.25) is 0 Å². The number of anilines is 1. The maximum Gasteiger partial charge on any atom is 0.156 e. The first-order valence-corrected chi connectivity index (χ1v) is 11.6. The summed E-state index contributed by atoms with van der Waals surface area (Å²) in [5, 5.41) is 17.1. The van der Waals surface area contributed by atoms with Crippen molar-refractivity contribution in [2.75, 3.05) is 5.73 Å². The SMILES string of the molecule is CC(C)(O)O.Cc1nc2cc(CCC3CCC(n4ccc5c(N)ncnc54)C3)ccn2c1C. The Balaban J connectivity index is 0.000000471. The lowest BCUT2D eigenvalue weighted by Crippen LogP contribution is -2.15. The zero-order chi connectivity index (χ0) is 23.8. The number of aromatic nitrogens is 5. The summed E-state index contributed by atoms with van der Waals surface area (Å²) in [6.07, 6.45) is 11.9. The van der Waals surface area contributed by atoms with Gasteiger partial charge in [-0.15, -0.1) is 0 Å². The Morgan fingerprint density at radius 1 is 1.12 bits per heavy atom. The molecule has 4 aromatic rings. The van der Waals surface area contributed by atoms with E-state index in [4.69, 9.17) is 15.9 Å². The van der Waals surface area contributed by atoms with Crippen molar-refractivity contribution in [3.8, 4) is 0 Å². The summed E-state index contributed by atoms with van der Waals surface area (Å²) in [6.45, 7) is 6.79. The molecule has 1 saturated carbocycles. The molecule has 0 aromatic carbocycles. The van der Waals surface area contributed by atoms with Gasteiger partial charge in [0.1, 0.15) is 23.4 Å². The zero-order valence-corrected chi connectivity index (χ0v) is 19.9. The molecule has 0 amide bonds. The fourth-order valence-electron chi connectivity index (χ4n) is 4.70. The lowest BCUT2D eigenvalue weighted by atomic mass is 9.98. The van der Waals surface area contributed by atoms with Crippen LogP contribution < -0.4 is 5.73 Å². The lowest BCUT2D eigenvalue weighted by Gasteiger charge is -2.14. The highest BCUT2D eigenvalue weighted by Crippen LogP contribution is 2.39. The summed E-state index contributed by atoms with van der Waals surface area (Å²) < 4.78 is 4.48. The van der Waals surface area contributed by atoms with Crippen molar-refractivity contribution < 1.29 is 10.2 Å². The van der Waals surface area contributed by atoms with Crippen LogP contribution >= 0.6 is 0 Å². The predicted octanol–water partition coefficient (Wildman–Crippen LogP) is 3.96. The number of pyridine rings is 1. The van der Waals surface area contributed by atoms with E-state index in [1.807, 2.05) is 6.07 Å². The van der Waals surface area contributed by atoms with E-state index in [1.54, 1.807) is 6.33 Å². The molecule has 2 atom stereocenters. The van der Waals surface area contributed by atoms with Crippen molar-refractivity contribution in [1.29, 1.82) is 0 Å². The van der Waals surface area contributed by atoms with Gasteiger partial charge in [0, 0.05) is 24.1 Å². The van der Waals surface area contributed by atoms with Gasteiger partial charge in [-0.25, -0.2) is 15.0 Å². The number of nitrogen functional groups attached to an aromatic ring is 1. The zero-order valence-electron chi connectivity index (χ0n) is 19.9. The van der Waals surface area contributed by atoms with Gasteiger partial charge >= 0.3 is 0 Å². The number of hydrogen-bond acceptors (Lipinski definition) is 6. The van der Waals surface area contributed by atoms with Crippen LogP contribution in [0.3, 0.4) is 0 Å². The Kier molecular flexibility index (Phi) is 6.41. The van der Waals surface area contributed by atoms with Crippen molar-refractivity contribution in [1.82, 2.24) is 23.9 Å². The normalized spacial score (nSPS) is 18.6. The van der Waals surface area contributed by atoms with Crippen LogP contribution in [0.15, 0.2) is 36.9 Å². The Labute approximate surface area is 194 Å². The molecule has 1 aliphatic carbocycles. The molecule has 1 aliphatic rings. The number of rotatable bonds is 4. The number of nitrogens with two attached hydrogens (primary N) is 1. The minimum atomic E-state index is -1.50. The van der Waals surface area contributed by atoms with E-state index in [2.05, 4.69) is 62.3 Å². The van der Waals surface area contributed by atoms with Gasteiger partial charge in [-0.1, -0.05) is 0 Å². The second-order valence-electron chi connectivity index (χ2n) is 9.63. The van der Waals surface area contributed by atoms with E-state index in [0.717, 1.165) is 34.7 Å². The maximum atomic E-state index is 8.08. The summed E-state index contributed by atoms with van der Waals surface area (Å²) >= 11 is 0. The molecule has 0 radical (unpaired) electrons. The Hall–Kier alpha value is -2.97. The largest absolute Gasteiger partial charge is 0.383 e. The third kappa shape index (κ3) is 5.34. The van der Waals surface area contributed by atoms with Crippen molar-refractivity contribution >= 4 is 22.5 Å². The van der Waals surface area contributed by atoms with E-state index >= 15 is 0 Å². The van der Waals surface area contributed by atoms with Crippen LogP contribution in [0.2, 0.25) is 0 Å². The molecule has 0 spiro atoms. The molecule has 176 valence electrons. The molecule has 4 aromatic heterocycles. The third-order valence-electron chi connectivity index (χ3n) is 6.45. The number of nitrogens with zero attached hydrogens (tertiary/aromatic N) is 5. The van der Waals surface area contributed by atoms with E-state index in [9.17, 15) is 0 Å². The van der Waals surface area contributed by atoms with Crippen LogP contribution in [0.1, 0.15) is 62.5 Å². The van der Waals surface area contributed by atoms with Gasteiger partial charge in [0.05, 0.1) is 11.1 Å². The number of aryl methyl sites for hydroxylation is 3. The van der Waals surface area contributed by atoms with Crippen LogP contribution in [-0.2, 0) is 6.42 Å². The summed E-state index contributed by atoms with van der Waals surface area (Å²) in [5.74, 6) is -0.181. The minimum Gasteiger partial charge on any atom is -0.383 e. The predicted molar refractivity (Wildman–Crippen MR) is 130 cm³/mol. The number of hydrogen-bond donors (Lipinski definition) is 3. The van der Waals surface area contributed by atoms with E-state index in [1.165, 1.54) is 50.8 Å². The van der Waals surface area contributed by atoms with Crippen LogP contribution in [0.5, 0.6) is 0 Å². The first-order chi connectivity index (χ1) is 15.6. The second kappa shape index (κ2) is 9.11. The van der Waals surface area contributed by atoms with Gasteiger partial charge < -0.3 is 24.9 Å². The fourth-order valence-corrected chi connectivity index (χ4v) is 4.70. The molecular weight excluding hydrogens is 416 g/mol. The van der Waals surface area contributed by atoms with Gasteiger partial charge in [0.25, 0.3) is 0 Å². The van der Waals surface area contributed by atoms with Crippen molar-refractivity contribution in [2.45, 2.75) is 71.6 Å². The van der Waals surface area contributed by atoms with Crippen LogP contribution in [0, 0.1) is 19.8 Å². The molecule has 33 heavy (non-hydrogen) atoms.